The number of nitrogens with zero attached hydrogens (tertiary/aromatic N) is 3. The number of hydrogen-bond donors (Lipinski definition) is 2. The highest BCUT2D eigenvalue weighted by Crippen LogP contribution is 2.18. The van der Waals surface area contributed by atoms with E-state index in [9.17, 15) is 9.59 Å². The molecule has 154 valence electrons. The Morgan fingerprint density at radius 3 is 2.21 bits per heavy atom. The van der Waals surface area contributed by atoms with Gasteiger partial charge in [0.15, 0.2) is 0 Å². The molecule has 3 rings (SSSR count). The number of hydrogen-bond acceptors (Lipinski definition) is 4. The molecule has 7 nitrogen and oxygen atoms in total. The quantitative estimate of drug-likeness (QED) is 0.732. The number of anilines is 2. The monoisotopic (exact) mass is 459 g/mol. The van der Waals surface area contributed by atoms with Gasteiger partial charge in [0.2, 0.25) is 0 Å². The molecule has 0 radical (unpaired) electrons. The van der Waals surface area contributed by atoms with E-state index in [2.05, 4.69) is 36.4 Å². The minimum Gasteiger partial charge on any atom is -0.353 e. The smallest absolute Gasteiger partial charge is 0.319 e. The number of halogens is 1. The first-order valence-electron chi connectivity index (χ1n) is 9.56. The molecule has 8 heteroatoms. The van der Waals surface area contributed by atoms with E-state index >= 15 is 0 Å². The molecule has 0 atom stereocenters. The van der Waals surface area contributed by atoms with E-state index in [0.717, 1.165) is 10.3 Å². The van der Waals surface area contributed by atoms with Crippen molar-refractivity contribution in [2.24, 2.45) is 0 Å². The van der Waals surface area contributed by atoms with Crippen molar-refractivity contribution < 1.29 is 9.59 Å². The third-order valence-corrected chi connectivity index (χ3v) is 5.00. The summed E-state index contributed by atoms with van der Waals surface area (Å²) in [5.41, 5.74) is 1.04. The van der Waals surface area contributed by atoms with Gasteiger partial charge in [-0.3, -0.25) is 4.79 Å². The van der Waals surface area contributed by atoms with Gasteiger partial charge in [-0.1, -0.05) is 15.9 Å². The summed E-state index contributed by atoms with van der Waals surface area (Å²) in [6.45, 7) is 8.49. The number of pyridine rings is 1. The molecule has 29 heavy (non-hydrogen) atoms. The lowest BCUT2D eigenvalue weighted by molar-refractivity contribution is 0.0746. The highest BCUT2D eigenvalue weighted by molar-refractivity contribution is 9.10. The van der Waals surface area contributed by atoms with Crippen LogP contribution < -0.4 is 15.5 Å². The van der Waals surface area contributed by atoms with Gasteiger partial charge < -0.3 is 20.4 Å². The summed E-state index contributed by atoms with van der Waals surface area (Å²) in [5, 5.41) is 5.63. The van der Waals surface area contributed by atoms with Gasteiger partial charge in [0.05, 0.1) is 11.9 Å². The first kappa shape index (κ1) is 21.1. The van der Waals surface area contributed by atoms with E-state index in [0.29, 0.717) is 37.4 Å². The molecule has 1 aromatic carbocycles. The molecule has 1 aliphatic heterocycles. The normalized spacial score (nSPS) is 14.5. The number of nitrogens with one attached hydrogen (secondary N) is 2. The Kier molecular flexibility index (Phi) is 6.42. The summed E-state index contributed by atoms with van der Waals surface area (Å²) in [7, 11) is 0. The van der Waals surface area contributed by atoms with E-state index in [1.165, 1.54) is 0 Å². The molecule has 2 heterocycles. The largest absolute Gasteiger partial charge is 0.353 e. The van der Waals surface area contributed by atoms with Crippen LogP contribution in [-0.4, -0.2) is 53.5 Å². The Labute approximate surface area is 179 Å². The Balaban J connectivity index is 1.53. The van der Waals surface area contributed by atoms with E-state index in [4.69, 9.17) is 0 Å². The average molecular weight is 460 g/mol. The molecule has 0 saturated carbocycles. The van der Waals surface area contributed by atoms with Crippen molar-refractivity contribution in [3.8, 4) is 0 Å². The molecule has 1 saturated heterocycles. The zero-order valence-corrected chi connectivity index (χ0v) is 18.5. The SMILES string of the molecule is CC(C)(C)NC(=O)Nc1ccc(N2CCN(C(=O)c3ccc(Br)cc3)CC2)nc1. The third kappa shape index (κ3) is 5.93. The summed E-state index contributed by atoms with van der Waals surface area (Å²) in [6.07, 6.45) is 1.65. The van der Waals surface area contributed by atoms with E-state index < -0.39 is 0 Å². The predicted octanol–water partition coefficient (Wildman–Crippen LogP) is 3.73. The molecule has 0 spiro atoms. The van der Waals surface area contributed by atoms with Gasteiger partial charge in [0.1, 0.15) is 5.82 Å². The number of rotatable bonds is 3. The maximum Gasteiger partial charge on any atom is 0.319 e. The molecule has 1 aliphatic rings. The molecule has 1 fully saturated rings. The van der Waals surface area contributed by atoms with Gasteiger partial charge in [-0.05, 0) is 57.2 Å². The van der Waals surface area contributed by atoms with Crippen LogP contribution in [0.1, 0.15) is 31.1 Å². The van der Waals surface area contributed by atoms with Crippen LogP contribution in [0.3, 0.4) is 0 Å². The highest BCUT2D eigenvalue weighted by atomic mass is 79.9. The van der Waals surface area contributed by atoms with Gasteiger partial charge in [-0.2, -0.15) is 0 Å². The van der Waals surface area contributed by atoms with Crippen LogP contribution in [0, 0.1) is 0 Å². The van der Waals surface area contributed by atoms with Gasteiger partial charge in [-0.15, -0.1) is 0 Å². The Morgan fingerprint density at radius 1 is 1.00 bits per heavy atom. The summed E-state index contributed by atoms with van der Waals surface area (Å²) < 4.78 is 0.957. The second-order valence-corrected chi connectivity index (χ2v) is 8.94. The number of benzene rings is 1. The molecule has 2 N–H and O–H groups in total. The zero-order valence-electron chi connectivity index (χ0n) is 16.9. The topological polar surface area (TPSA) is 77.6 Å². The fourth-order valence-corrected chi connectivity index (χ4v) is 3.33. The highest BCUT2D eigenvalue weighted by Gasteiger charge is 2.23. The number of aromatic nitrogens is 1. The first-order chi connectivity index (χ1) is 13.7. The summed E-state index contributed by atoms with van der Waals surface area (Å²) in [6, 6.07) is 10.9. The number of urea groups is 1. The van der Waals surface area contributed by atoms with Crippen molar-refractivity contribution in [2.45, 2.75) is 26.3 Å². The van der Waals surface area contributed by atoms with Gasteiger partial charge in [0.25, 0.3) is 5.91 Å². The van der Waals surface area contributed by atoms with Gasteiger partial charge in [-0.25, -0.2) is 9.78 Å². The van der Waals surface area contributed by atoms with Crippen LogP contribution in [0.2, 0.25) is 0 Å². The fraction of sp³-hybridized carbons (Fsp3) is 0.381. The Bertz CT molecular complexity index is 854. The maximum atomic E-state index is 12.6. The summed E-state index contributed by atoms with van der Waals surface area (Å²) >= 11 is 3.39. The average Bonchev–Trinajstić information content (AvgIpc) is 2.67. The number of piperazine rings is 1. The lowest BCUT2D eigenvalue weighted by Crippen LogP contribution is -2.49. The predicted molar refractivity (Wildman–Crippen MR) is 118 cm³/mol. The van der Waals surface area contributed by atoms with E-state index in [1.54, 1.807) is 6.20 Å². The van der Waals surface area contributed by atoms with Crippen molar-refractivity contribution in [1.82, 2.24) is 15.2 Å². The van der Waals surface area contributed by atoms with Crippen LogP contribution in [0.15, 0.2) is 47.1 Å². The molecule has 1 aromatic heterocycles. The van der Waals surface area contributed by atoms with Crippen molar-refractivity contribution >= 4 is 39.4 Å². The Morgan fingerprint density at radius 2 is 1.66 bits per heavy atom. The van der Waals surface area contributed by atoms with E-state index in [-0.39, 0.29) is 17.5 Å². The lowest BCUT2D eigenvalue weighted by Gasteiger charge is -2.35. The second kappa shape index (κ2) is 8.82. The molecule has 0 bridgehead atoms. The molecule has 0 aliphatic carbocycles. The molecule has 0 unspecified atom stereocenters. The minimum atomic E-state index is -0.301. The lowest BCUT2D eigenvalue weighted by atomic mass is 10.1. The minimum absolute atomic E-state index is 0.0505. The van der Waals surface area contributed by atoms with Crippen molar-refractivity contribution in [2.75, 3.05) is 36.4 Å². The number of carbonyl (C=O) groups is 2. The number of carbonyl (C=O) groups excluding carboxylic acids is 2. The van der Waals surface area contributed by atoms with Crippen LogP contribution in [-0.2, 0) is 0 Å². The second-order valence-electron chi connectivity index (χ2n) is 8.02. The van der Waals surface area contributed by atoms with Crippen molar-refractivity contribution in [3.05, 3.63) is 52.6 Å². The van der Waals surface area contributed by atoms with Crippen LogP contribution in [0.4, 0.5) is 16.3 Å². The van der Waals surface area contributed by atoms with E-state index in [1.807, 2.05) is 62.1 Å². The maximum absolute atomic E-state index is 12.6. The fourth-order valence-electron chi connectivity index (χ4n) is 3.06. The van der Waals surface area contributed by atoms with Crippen LogP contribution >= 0.6 is 15.9 Å². The molecule has 3 amide bonds. The van der Waals surface area contributed by atoms with Gasteiger partial charge >= 0.3 is 6.03 Å². The first-order valence-corrected chi connectivity index (χ1v) is 10.4. The summed E-state index contributed by atoms with van der Waals surface area (Å²) in [5.74, 6) is 0.886. The van der Waals surface area contributed by atoms with Crippen molar-refractivity contribution in [3.63, 3.8) is 0 Å². The zero-order chi connectivity index (χ0) is 21.0. The van der Waals surface area contributed by atoms with Crippen molar-refractivity contribution in [1.29, 1.82) is 0 Å². The molecular formula is C21H26BrN5O2. The molecule has 2 aromatic rings. The Hall–Kier alpha value is -2.61. The van der Waals surface area contributed by atoms with Gasteiger partial charge in [0, 0.05) is 41.8 Å². The summed E-state index contributed by atoms with van der Waals surface area (Å²) in [4.78, 5) is 33.1. The van der Waals surface area contributed by atoms with Crippen LogP contribution in [0.5, 0.6) is 0 Å². The standard InChI is InChI=1S/C21H26BrN5O2/c1-21(2,3)25-20(29)24-17-8-9-18(23-14-17)26-10-12-27(13-11-26)19(28)15-4-6-16(22)7-5-15/h4-9,14H,10-13H2,1-3H3,(H2,24,25,29). The molecular weight excluding hydrogens is 434 g/mol. The van der Waals surface area contributed by atoms with Crippen LogP contribution in [0.25, 0.3) is 0 Å². The third-order valence-electron chi connectivity index (χ3n) is 4.48. The number of amides is 3.